The molecule has 23 heavy (non-hydrogen) atoms. The van der Waals surface area contributed by atoms with Crippen LogP contribution in [0.25, 0.3) is 0 Å². The van der Waals surface area contributed by atoms with Crippen molar-refractivity contribution in [2.45, 2.75) is 13.3 Å². The molecule has 6 nitrogen and oxygen atoms in total. The average molecular weight is 311 g/mol. The van der Waals surface area contributed by atoms with Crippen molar-refractivity contribution in [1.29, 1.82) is 0 Å². The maximum Gasteiger partial charge on any atom is 0.272 e. The lowest BCUT2D eigenvalue weighted by Gasteiger charge is -2.19. The number of rotatable bonds is 4. The number of fused-ring (bicyclic) bond motifs is 1. The van der Waals surface area contributed by atoms with E-state index in [-0.39, 0.29) is 5.91 Å². The molecule has 2 heterocycles. The number of hydrogen-bond donors (Lipinski definition) is 1. The van der Waals surface area contributed by atoms with Crippen LogP contribution in [0.2, 0.25) is 0 Å². The summed E-state index contributed by atoms with van der Waals surface area (Å²) in [7, 11) is 0. The molecule has 6 heteroatoms. The van der Waals surface area contributed by atoms with Crippen molar-refractivity contribution in [3.8, 4) is 11.5 Å². The first-order chi connectivity index (χ1) is 11.3. The Morgan fingerprint density at radius 3 is 2.78 bits per heavy atom. The highest BCUT2D eigenvalue weighted by Gasteiger charge is 2.14. The van der Waals surface area contributed by atoms with Crippen molar-refractivity contribution < 1.29 is 14.3 Å². The Labute approximate surface area is 134 Å². The number of nitrogens with zero attached hydrogens (tertiary/aromatic N) is 2. The van der Waals surface area contributed by atoms with Crippen LogP contribution in [0.15, 0.2) is 47.8 Å². The van der Waals surface area contributed by atoms with Gasteiger partial charge in [-0.15, -0.1) is 0 Å². The zero-order chi connectivity index (χ0) is 16.1. The predicted octanol–water partition coefficient (Wildman–Crippen LogP) is 2.40. The summed E-state index contributed by atoms with van der Waals surface area (Å²) in [5.74, 6) is 1.14. The fraction of sp³-hybridized carbons (Fsp3) is 0.235. The Bertz CT molecular complexity index is 729. The van der Waals surface area contributed by atoms with Gasteiger partial charge in [0.2, 0.25) is 0 Å². The molecule has 1 aliphatic heterocycles. The fourth-order valence-corrected chi connectivity index (χ4v) is 2.25. The van der Waals surface area contributed by atoms with E-state index in [9.17, 15) is 4.79 Å². The molecule has 2 aromatic rings. The van der Waals surface area contributed by atoms with Crippen LogP contribution >= 0.6 is 0 Å². The second-order valence-electron chi connectivity index (χ2n) is 4.95. The summed E-state index contributed by atoms with van der Waals surface area (Å²) in [6, 6.07) is 9.05. The van der Waals surface area contributed by atoms with Crippen LogP contribution in [-0.4, -0.2) is 29.8 Å². The number of pyridine rings is 1. The molecule has 1 aliphatic rings. The number of nitrogens with one attached hydrogen (secondary N) is 1. The second kappa shape index (κ2) is 6.91. The third kappa shape index (κ3) is 3.48. The first kappa shape index (κ1) is 15.0. The van der Waals surface area contributed by atoms with E-state index in [0.717, 1.165) is 17.0 Å². The van der Waals surface area contributed by atoms with Crippen molar-refractivity contribution in [3.63, 3.8) is 0 Å². The topological polar surface area (TPSA) is 72.8 Å². The lowest BCUT2D eigenvalue weighted by atomic mass is 10.1. The van der Waals surface area contributed by atoms with Crippen LogP contribution in [0.4, 0.5) is 0 Å². The molecule has 1 amide bonds. The van der Waals surface area contributed by atoms with Crippen molar-refractivity contribution in [2.24, 2.45) is 5.10 Å². The number of hydrazone groups is 1. The molecule has 0 atom stereocenters. The first-order valence-electron chi connectivity index (χ1n) is 7.45. The highest BCUT2D eigenvalue weighted by Crippen LogP contribution is 2.31. The van der Waals surface area contributed by atoms with Crippen molar-refractivity contribution in [3.05, 3.63) is 53.9 Å². The SMILES string of the molecule is CC/C(=N/NC(=O)c1cccnc1)c1ccc2c(c1)OCCO2. The van der Waals surface area contributed by atoms with E-state index in [1.165, 1.54) is 6.20 Å². The van der Waals surface area contributed by atoms with Gasteiger partial charge < -0.3 is 9.47 Å². The summed E-state index contributed by atoms with van der Waals surface area (Å²) in [4.78, 5) is 15.9. The fourth-order valence-electron chi connectivity index (χ4n) is 2.25. The molecule has 1 N–H and O–H groups in total. The minimum Gasteiger partial charge on any atom is -0.486 e. The molecule has 3 rings (SSSR count). The largest absolute Gasteiger partial charge is 0.486 e. The van der Waals surface area contributed by atoms with Crippen LogP contribution in [-0.2, 0) is 0 Å². The van der Waals surface area contributed by atoms with Gasteiger partial charge in [0, 0.05) is 18.0 Å². The molecule has 0 unspecified atom stereocenters. The van der Waals surface area contributed by atoms with Crippen molar-refractivity contribution in [1.82, 2.24) is 10.4 Å². The molecule has 0 bridgehead atoms. The van der Waals surface area contributed by atoms with Crippen LogP contribution in [0.3, 0.4) is 0 Å². The van der Waals surface area contributed by atoms with E-state index in [1.807, 2.05) is 25.1 Å². The van der Waals surface area contributed by atoms with Crippen molar-refractivity contribution in [2.75, 3.05) is 13.2 Å². The molecule has 0 saturated carbocycles. The Balaban J connectivity index is 1.78. The highest BCUT2D eigenvalue weighted by molar-refractivity contribution is 6.02. The van der Waals surface area contributed by atoms with E-state index in [4.69, 9.17) is 9.47 Å². The Hall–Kier alpha value is -2.89. The summed E-state index contributed by atoms with van der Waals surface area (Å²) in [6.45, 7) is 3.07. The Kier molecular flexibility index (Phi) is 4.52. The number of carbonyl (C=O) groups is 1. The third-order valence-corrected chi connectivity index (χ3v) is 3.43. The van der Waals surface area contributed by atoms with Crippen molar-refractivity contribution >= 4 is 11.6 Å². The molecule has 1 aromatic carbocycles. The van der Waals surface area contributed by atoms with E-state index < -0.39 is 0 Å². The van der Waals surface area contributed by atoms with Crippen LogP contribution in [0.5, 0.6) is 11.5 Å². The van der Waals surface area contributed by atoms with Gasteiger partial charge in [0.1, 0.15) is 13.2 Å². The molecular weight excluding hydrogens is 294 g/mol. The number of carbonyl (C=O) groups excluding carboxylic acids is 1. The predicted molar refractivity (Wildman–Crippen MR) is 86.0 cm³/mol. The van der Waals surface area contributed by atoms with Gasteiger partial charge in [0.25, 0.3) is 5.91 Å². The minimum atomic E-state index is -0.290. The molecule has 0 aliphatic carbocycles. The zero-order valence-corrected chi connectivity index (χ0v) is 12.8. The summed E-state index contributed by atoms with van der Waals surface area (Å²) in [6.07, 6.45) is 3.79. The maximum atomic E-state index is 12.0. The summed E-state index contributed by atoms with van der Waals surface area (Å²) in [5, 5.41) is 4.23. The molecular formula is C17H17N3O3. The summed E-state index contributed by atoms with van der Waals surface area (Å²) < 4.78 is 11.1. The van der Waals surface area contributed by atoms with E-state index in [2.05, 4.69) is 15.5 Å². The van der Waals surface area contributed by atoms with Gasteiger partial charge in [-0.3, -0.25) is 9.78 Å². The highest BCUT2D eigenvalue weighted by atomic mass is 16.6. The smallest absolute Gasteiger partial charge is 0.272 e. The monoisotopic (exact) mass is 311 g/mol. The van der Waals surface area contributed by atoms with Gasteiger partial charge in [-0.1, -0.05) is 6.92 Å². The van der Waals surface area contributed by atoms with Crippen LogP contribution in [0.1, 0.15) is 29.3 Å². The first-order valence-corrected chi connectivity index (χ1v) is 7.45. The van der Waals surface area contributed by atoms with E-state index >= 15 is 0 Å². The minimum absolute atomic E-state index is 0.290. The van der Waals surface area contributed by atoms with E-state index in [1.54, 1.807) is 18.3 Å². The summed E-state index contributed by atoms with van der Waals surface area (Å²) >= 11 is 0. The molecule has 118 valence electrons. The van der Waals surface area contributed by atoms with Gasteiger partial charge >= 0.3 is 0 Å². The Morgan fingerprint density at radius 1 is 1.22 bits per heavy atom. The molecule has 1 aromatic heterocycles. The third-order valence-electron chi connectivity index (χ3n) is 3.43. The number of hydrogen-bond acceptors (Lipinski definition) is 5. The van der Waals surface area contributed by atoms with Gasteiger partial charge in [0.15, 0.2) is 11.5 Å². The van der Waals surface area contributed by atoms with Crippen LogP contribution in [0, 0.1) is 0 Å². The van der Waals surface area contributed by atoms with Gasteiger partial charge in [0.05, 0.1) is 11.3 Å². The average Bonchev–Trinajstić information content (AvgIpc) is 2.62. The number of ether oxygens (including phenoxy) is 2. The molecule has 0 spiro atoms. The maximum absolute atomic E-state index is 12.0. The zero-order valence-electron chi connectivity index (χ0n) is 12.8. The van der Waals surface area contributed by atoms with E-state index in [0.29, 0.717) is 30.9 Å². The van der Waals surface area contributed by atoms with Crippen LogP contribution < -0.4 is 14.9 Å². The molecule has 0 saturated heterocycles. The Morgan fingerprint density at radius 2 is 2.04 bits per heavy atom. The number of aromatic nitrogens is 1. The number of amides is 1. The van der Waals surface area contributed by atoms with Gasteiger partial charge in [-0.05, 0) is 36.8 Å². The molecule has 0 radical (unpaired) electrons. The lowest BCUT2D eigenvalue weighted by Crippen LogP contribution is -2.20. The van der Waals surface area contributed by atoms with Gasteiger partial charge in [-0.2, -0.15) is 5.10 Å². The lowest BCUT2D eigenvalue weighted by molar-refractivity contribution is 0.0954. The van der Waals surface area contributed by atoms with Gasteiger partial charge in [-0.25, -0.2) is 5.43 Å². The normalized spacial score (nSPS) is 13.5. The second-order valence-corrected chi connectivity index (χ2v) is 4.95. The molecule has 0 fully saturated rings. The quantitative estimate of drug-likeness (QED) is 0.695. The summed E-state index contributed by atoms with van der Waals surface area (Å²) in [5.41, 5.74) is 4.69. The standard InChI is InChI=1S/C17H17N3O3/c1-2-14(19-20-17(21)13-4-3-7-18-11-13)12-5-6-15-16(10-12)23-9-8-22-15/h3-7,10-11H,2,8-9H2,1H3,(H,20,21)/b19-14-. The number of benzene rings is 1.